The number of carbonyl (C=O) groups is 1. The van der Waals surface area contributed by atoms with Crippen LogP contribution < -0.4 is 15.4 Å². The van der Waals surface area contributed by atoms with Gasteiger partial charge in [-0.15, -0.1) is 0 Å². The second-order valence-corrected chi connectivity index (χ2v) is 5.74. The van der Waals surface area contributed by atoms with Gasteiger partial charge in [0.25, 0.3) is 0 Å². The molecule has 0 saturated carbocycles. The number of para-hydroxylation sites is 2. The van der Waals surface area contributed by atoms with Crippen LogP contribution >= 0.6 is 12.2 Å². The van der Waals surface area contributed by atoms with E-state index in [1.807, 2.05) is 24.3 Å². The maximum atomic E-state index is 11.5. The van der Waals surface area contributed by atoms with Crippen molar-refractivity contribution in [3.63, 3.8) is 0 Å². The van der Waals surface area contributed by atoms with Crippen LogP contribution in [-0.4, -0.2) is 32.8 Å². The summed E-state index contributed by atoms with van der Waals surface area (Å²) in [5.41, 5.74) is 2.53. The van der Waals surface area contributed by atoms with Gasteiger partial charge in [0.15, 0.2) is 5.11 Å². The molecule has 1 aromatic heterocycles. The van der Waals surface area contributed by atoms with Gasteiger partial charge in [-0.2, -0.15) is 0 Å². The van der Waals surface area contributed by atoms with Crippen molar-refractivity contribution in [1.82, 2.24) is 9.55 Å². The number of benzene rings is 2. The number of hydrogen-bond donors (Lipinski definition) is 3. The molecule has 0 atom stereocenters. The molecule has 0 aliphatic heterocycles. The average Bonchev–Trinajstić information content (AvgIpc) is 2.95. The average molecular weight is 356 g/mol. The first kappa shape index (κ1) is 16.7. The lowest BCUT2D eigenvalue weighted by atomic mass is 10.1. The minimum Gasteiger partial charge on any atom is -0.495 e. The number of nitrogens with one attached hydrogen (secondary N) is 2. The van der Waals surface area contributed by atoms with E-state index in [1.54, 1.807) is 31.1 Å². The van der Waals surface area contributed by atoms with E-state index >= 15 is 0 Å². The van der Waals surface area contributed by atoms with Gasteiger partial charge in [0, 0.05) is 12.7 Å². The summed E-state index contributed by atoms with van der Waals surface area (Å²) in [6.45, 7) is 0. The number of methoxy groups -OCH3 is 1. The first-order chi connectivity index (χ1) is 12.0. The third-order valence-electron chi connectivity index (χ3n) is 3.66. The van der Waals surface area contributed by atoms with Crippen molar-refractivity contribution in [3.05, 3.63) is 48.3 Å². The summed E-state index contributed by atoms with van der Waals surface area (Å²) < 4.78 is 6.94. The van der Waals surface area contributed by atoms with Gasteiger partial charge < -0.3 is 25.0 Å². The number of ether oxygens (including phenoxy) is 1. The van der Waals surface area contributed by atoms with Gasteiger partial charge in [-0.3, -0.25) is 0 Å². The highest BCUT2D eigenvalue weighted by Crippen LogP contribution is 2.25. The summed E-state index contributed by atoms with van der Waals surface area (Å²) in [5.74, 6) is -0.376. The molecular weight excluding hydrogens is 340 g/mol. The molecule has 7 nitrogen and oxygen atoms in total. The predicted molar refractivity (Wildman–Crippen MR) is 101 cm³/mol. The number of fused-ring (bicyclic) bond motifs is 1. The Morgan fingerprint density at radius 3 is 2.76 bits per heavy atom. The van der Waals surface area contributed by atoms with E-state index < -0.39 is 5.97 Å². The maximum Gasteiger partial charge on any atom is 0.337 e. The number of aryl methyl sites for hydroxylation is 1. The molecule has 0 aliphatic carbocycles. The summed E-state index contributed by atoms with van der Waals surface area (Å²) in [6.07, 6.45) is 1.58. The fraction of sp³-hybridized carbons (Fsp3) is 0.118. The van der Waals surface area contributed by atoms with Gasteiger partial charge in [0.1, 0.15) is 5.75 Å². The topological polar surface area (TPSA) is 88.4 Å². The van der Waals surface area contributed by atoms with Crippen LogP contribution in [0.5, 0.6) is 5.75 Å². The Hall–Kier alpha value is -3.13. The lowest BCUT2D eigenvalue weighted by molar-refractivity contribution is 0.0698. The molecule has 0 fully saturated rings. The smallest absolute Gasteiger partial charge is 0.337 e. The van der Waals surface area contributed by atoms with Gasteiger partial charge in [-0.05, 0) is 36.5 Å². The van der Waals surface area contributed by atoms with E-state index in [0.29, 0.717) is 33.3 Å². The number of anilines is 2. The molecule has 3 aromatic rings. The molecule has 0 bridgehead atoms. The number of hydrogen-bond acceptors (Lipinski definition) is 4. The molecule has 2 aromatic carbocycles. The van der Waals surface area contributed by atoms with E-state index in [-0.39, 0.29) is 5.56 Å². The second-order valence-electron chi connectivity index (χ2n) is 5.33. The molecule has 3 N–H and O–H groups in total. The SMILES string of the molecule is COc1ccccc1NC(=S)Nc1cc(C(=O)O)c2c(c1)ncn2C. The number of imidazole rings is 1. The van der Waals surface area contributed by atoms with E-state index in [2.05, 4.69) is 15.6 Å². The van der Waals surface area contributed by atoms with Gasteiger partial charge in [-0.1, -0.05) is 12.1 Å². The van der Waals surface area contributed by atoms with Crippen LogP contribution in [0.25, 0.3) is 11.0 Å². The standard InChI is InChI=1S/C17H16N4O3S/c1-21-9-18-13-8-10(7-11(15(13)21)16(22)23)19-17(25)20-12-5-3-4-6-14(12)24-2/h3-9H,1-2H3,(H,22,23)(H2,19,20,25). The van der Waals surface area contributed by atoms with Crippen molar-refractivity contribution in [2.45, 2.75) is 0 Å². The molecule has 0 unspecified atom stereocenters. The molecule has 8 heteroatoms. The number of aromatic nitrogens is 2. The van der Waals surface area contributed by atoms with Crippen LogP contribution in [0.3, 0.4) is 0 Å². The zero-order valence-corrected chi connectivity index (χ0v) is 14.4. The normalized spacial score (nSPS) is 10.5. The number of rotatable bonds is 4. The highest BCUT2D eigenvalue weighted by atomic mass is 32.1. The summed E-state index contributed by atoms with van der Waals surface area (Å²) in [7, 11) is 3.33. The predicted octanol–water partition coefficient (Wildman–Crippen LogP) is 3.09. The fourth-order valence-corrected chi connectivity index (χ4v) is 2.79. The van der Waals surface area contributed by atoms with Crippen LogP contribution in [0, 0.1) is 0 Å². The summed E-state index contributed by atoms with van der Waals surface area (Å²) >= 11 is 5.31. The largest absolute Gasteiger partial charge is 0.495 e. The van der Waals surface area contributed by atoms with E-state index in [9.17, 15) is 9.90 Å². The number of aromatic carboxylic acids is 1. The Labute approximate surface area is 149 Å². The zero-order chi connectivity index (χ0) is 18.0. The van der Waals surface area contributed by atoms with Gasteiger partial charge in [0.2, 0.25) is 0 Å². The van der Waals surface area contributed by atoms with Crippen LogP contribution in [0.2, 0.25) is 0 Å². The Morgan fingerprint density at radius 1 is 1.28 bits per heavy atom. The molecule has 128 valence electrons. The van der Waals surface area contributed by atoms with E-state index in [1.165, 1.54) is 6.07 Å². The molecule has 0 amide bonds. The molecule has 0 radical (unpaired) electrons. The molecule has 1 heterocycles. The lowest BCUT2D eigenvalue weighted by Gasteiger charge is -2.14. The Balaban J connectivity index is 1.87. The Morgan fingerprint density at radius 2 is 2.04 bits per heavy atom. The second kappa shape index (κ2) is 6.78. The van der Waals surface area contributed by atoms with Crippen molar-refractivity contribution in [2.75, 3.05) is 17.7 Å². The monoisotopic (exact) mass is 356 g/mol. The Kier molecular flexibility index (Phi) is 4.53. The van der Waals surface area contributed by atoms with Gasteiger partial charge >= 0.3 is 5.97 Å². The minimum atomic E-state index is -1.03. The third kappa shape index (κ3) is 3.38. The van der Waals surface area contributed by atoms with Crippen molar-refractivity contribution >= 4 is 45.7 Å². The van der Waals surface area contributed by atoms with Crippen molar-refractivity contribution in [3.8, 4) is 5.75 Å². The van der Waals surface area contributed by atoms with Crippen molar-refractivity contribution < 1.29 is 14.6 Å². The number of carboxylic acid groups (broad SMARTS) is 1. The van der Waals surface area contributed by atoms with E-state index in [4.69, 9.17) is 17.0 Å². The molecule has 25 heavy (non-hydrogen) atoms. The van der Waals surface area contributed by atoms with Gasteiger partial charge in [0.05, 0.1) is 35.7 Å². The third-order valence-corrected chi connectivity index (χ3v) is 3.86. The minimum absolute atomic E-state index is 0.153. The highest BCUT2D eigenvalue weighted by molar-refractivity contribution is 7.80. The maximum absolute atomic E-state index is 11.5. The molecule has 0 spiro atoms. The fourth-order valence-electron chi connectivity index (χ4n) is 2.56. The van der Waals surface area contributed by atoms with Gasteiger partial charge in [-0.25, -0.2) is 9.78 Å². The molecule has 3 rings (SSSR count). The number of thiocarbonyl (C=S) groups is 1. The summed E-state index contributed by atoms with van der Waals surface area (Å²) in [6, 6.07) is 10.6. The zero-order valence-electron chi connectivity index (χ0n) is 13.6. The molecule has 0 saturated heterocycles. The lowest BCUT2D eigenvalue weighted by Crippen LogP contribution is -2.19. The van der Waals surface area contributed by atoms with Crippen LogP contribution in [-0.2, 0) is 7.05 Å². The first-order valence-corrected chi connectivity index (χ1v) is 7.80. The number of carboxylic acids is 1. The van der Waals surface area contributed by atoms with Crippen LogP contribution in [0.4, 0.5) is 11.4 Å². The van der Waals surface area contributed by atoms with E-state index in [0.717, 1.165) is 0 Å². The summed E-state index contributed by atoms with van der Waals surface area (Å²) in [4.78, 5) is 15.8. The first-order valence-electron chi connectivity index (χ1n) is 7.39. The highest BCUT2D eigenvalue weighted by Gasteiger charge is 2.15. The Bertz CT molecular complexity index is 968. The van der Waals surface area contributed by atoms with Crippen LogP contribution in [0.15, 0.2) is 42.7 Å². The van der Waals surface area contributed by atoms with Crippen LogP contribution in [0.1, 0.15) is 10.4 Å². The molecule has 0 aliphatic rings. The quantitative estimate of drug-likeness (QED) is 0.619. The van der Waals surface area contributed by atoms with Crippen molar-refractivity contribution in [2.24, 2.45) is 7.05 Å². The molecular formula is C17H16N4O3S. The van der Waals surface area contributed by atoms with Crippen molar-refractivity contribution in [1.29, 1.82) is 0 Å². The summed E-state index contributed by atoms with van der Waals surface area (Å²) in [5, 5.41) is 15.8. The number of nitrogens with zero attached hydrogens (tertiary/aromatic N) is 2.